The van der Waals surface area contributed by atoms with E-state index in [1.165, 1.54) is 12.1 Å². The van der Waals surface area contributed by atoms with Gasteiger partial charge in [0.15, 0.2) is 0 Å². The molecule has 1 aromatic carbocycles. The van der Waals surface area contributed by atoms with E-state index in [9.17, 15) is 9.59 Å². The lowest BCUT2D eigenvalue weighted by Crippen LogP contribution is -2.37. The van der Waals surface area contributed by atoms with Gasteiger partial charge in [-0.15, -0.1) is 0 Å². The summed E-state index contributed by atoms with van der Waals surface area (Å²) in [4.78, 5) is 22.7. The molecule has 0 fully saturated rings. The molecule has 0 heterocycles. The highest BCUT2D eigenvalue weighted by molar-refractivity contribution is 7.98. The van der Waals surface area contributed by atoms with E-state index < -0.39 is 5.97 Å². The first kappa shape index (κ1) is 15.6. The Hall–Kier alpha value is -1.49. The van der Waals surface area contributed by atoms with E-state index in [1.54, 1.807) is 23.9 Å². The number of amides is 1. The van der Waals surface area contributed by atoms with E-state index in [-0.39, 0.29) is 23.9 Å². The number of carboxylic acid groups (broad SMARTS) is 1. The number of carbonyl (C=O) groups is 2. The second kappa shape index (κ2) is 7.84. The normalized spacial score (nSPS) is 11.9. The zero-order chi connectivity index (χ0) is 14.3. The van der Waals surface area contributed by atoms with Crippen molar-refractivity contribution in [3.05, 3.63) is 35.4 Å². The van der Waals surface area contributed by atoms with Crippen LogP contribution in [0.1, 0.15) is 29.3 Å². The van der Waals surface area contributed by atoms with E-state index in [0.717, 1.165) is 17.7 Å². The third kappa shape index (κ3) is 5.34. The van der Waals surface area contributed by atoms with Crippen LogP contribution in [0.3, 0.4) is 0 Å². The van der Waals surface area contributed by atoms with Gasteiger partial charge in [-0.1, -0.05) is 19.1 Å². The number of aromatic carboxylic acids is 1. The summed E-state index contributed by atoms with van der Waals surface area (Å²) in [5.74, 6) is -0.156. The lowest BCUT2D eigenvalue weighted by Gasteiger charge is -2.15. The summed E-state index contributed by atoms with van der Waals surface area (Å²) in [7, 11) is 0. The number of hydrogen-bond donors (Lipinski definition) is 2. The maximum atomic E-state index is 11.9. The molecule has 0 bridgehead atoms. The van der Waals surface area contributed by atoms with E-state index in [2.05, 4.69) is 5.32 Å². The summed E-state index contributed by atoms with van der Waals surface area (Å²) < 4.78 is 0. The molecular formula is C14H19NO3S. The first-order chi connectivity index (χ1) is 9.06. The zero-order valence-electron chi connectivity index (χ0n) is 11.2. The second-order valence-corrected chi connectivity index (χ2v) is 5.22. The molecule has 1 amide bonds. The van der Waals surface area contributed by atoms with Crippen molar-refractivity contribution in [1.29, 1.82) is 0 Å². The minimum atomic E-state index is -0.976. The molecule has 0 aliphatic rings. The highest BCUT2D eigenvalue weighted by Gasteiger charge is 2.11. The molecule has 1 rings (SSSR count). The number of thioether (sulfide) groups is 1. The minimum Gasteiger partial charge on any atom is -0.478 e. The van der Waals surface area contributed by atoms with Crippen molar-refractivity contribution in [2.45, 2.75) is 25.8 Å². The van der Waals surface area contributed by atoms with Crippen LogP contribution in [-0.4, -0.2) is 35.0 Å². The molecule has 0 aliphatic heterocycles. The maximum Gasteiger partial charge on any atom is 0.335 e. The fourth-order valence-corrected chi connectivity index (χ4v) is 2.46. The molecule has 0 radical (unpaired) electrons. The van der Waals surface area contributed by atoms with Crippen molar-refractivity contribution in [1.82, 2.24) is 5.32 Å². The smallest absolute Gasteiger partial charge is 0.335 e. The van der Waals surface area contributed by atoms with Gasteiger partial charge in [0, 0.05) is 11.8 Å². The third-order valence-corrected chi connectivity index (χ3v) is 3.50. The number of benzene rings is 1. The van der Waals surface area contributed by atoms with Crippen LogP contribution in [0.15, 0.2) is 24.3 Å². The summed E-state index contributed by atoms with van der Waals surface area (Å²) in [5.41, 5.74) is 0.929. The Bertz CT molecular complexity index is 448. The predicted molar refractivity (Wildman–Crippen MR) is 77.7 cm³/mol. The van der Waals surface area contributed by atoms with Crippen molar-refractivity contribution in [3.8, 4) is 0 Å². The van der Waals surface area contributed by atoms with Gasteiger partial charge in [-0.3, -0.25) is 4.79 Å². The van der Waals surface area contributed by atoms with Gasteiger partial charge in [0.1, 0.15) is 0 Å². The summed E-state index contributed by atoms with van der Waals surface area (Å²) >= 11 is 1.70. The van der Waals surface area contributed by atoms with Crippen molar-refractivity contribution in [3.63, 3.8) is 0 Å². The van der Waals surface area contributed by atoms with Crippen LogP contribution in [0, 0.1) is 0 Å². The van der Waals surface area contributed by atoms with E-state index in [0.29, 0.717) is 0 Å². The Morgan fingerprint density at radius 1 is 1.42 bits per heavy atom. The molecule has 0 saturated heterocycles. The summed E-state index contributed by atoms with van der Waals surface area (Å²) in [6.07, 6.45) is 3.11. The molecule has 0 spiro atoms. The van der Waals surface area contributed by atoms with Crippen molar-refractivity contribution in [2.24, 2.45) is 0 Å². The van der Waals surface area contributed by atoms with Crippen LogP contribution in [0.4, 0.5) is 0 Å². The van der Waals surface area contributed by atoms with Gasteiger partial charge >= 0.3 is 5.97 Å². The quantitative estimate of drug-likeness (QED) is 0.804. The van der Waals surface area contributed by atoms with E-state index >= 15 is 0 Å². The number of carbonyl (C=O) groups excluding carboxylic acids is 1. The predicted octanol–water partition coefficient (Wildman–Crippen LogP) is 2.19. The second-order valence-electron chi connectivity index (χ2n) is 4.31. The van der Waals surface area contributed by atoms with E-state index in [1.807, 2.05) is 13.2 Å². The maximum absolute atomic E-state index is 11.9. The van der Waals surface area contributed by atoms with Gasteiger partial charge in [0.25, 0.3) is 0 Å². The molecule has 1 aromatic rings. The fraction of sp³-hybridized carbons (Fsp3) is 0.429. The number of nitrogens with one attached hydrogen (secondary N) is 1. The lowest BCUT2D eigenvalue weighted by molar-refractivity contribution is -0.121. The van der Waals surface area contributed by atoms with Crippen LogP contribution in [0.2, 0.25) is 0 Å². The molecule has 2 N–H and O–H groups in total. The molecule has 1 atom stereocenters. The van der Waals surface area contributed by atoms with Crippen LogP contribution >= 0.6 is 11.8 Å². The molecule has 0 aromatic heterocycles. The van der Waals surface area contributed by atoms with Crippen molar-refractivity contribution in [2.75, 3.05) is 12.0 Å². The Balaban J connectivity index is 2.61. The van der Waals surface area contributed by atoms with Gasteiger partial charge in [-0.05, 0) is 30.4 Å². The first-order valence-electron chi connectivity index (χ1n) is 6.17. The van der Waals surface area contributed by atoms with Crippen LogP contribution in [-0.2, 0) is 11.2 Å². The van der Waals surface area contributed by atoms with Gasteiger partial charge in [-0.25, -0.2) is 4.79 Å². The average molecular weight is 281 g/mol. The van der Waals surface area contributed by atoms with Gasteiger partial charge in [0.2, 0.25) is 5.91 Å². The average Bonchev–Trinajstić information content (AvgIpc) is 2.38. The van der Waals surface area contributed by atoms with Crippen LogP contribution < -0.4 is 5.32 Å². The molecule has 4 nitrogen and oxygen atoms in total. The van der Waals surface area contributed by atoms with Crippen LogP contribution in [0.25, 0.3) is 0 Å². The first-order valence-corrected chi connectivity index (χ1v) is 7.56. The Labute approximate surface area is 117 Å². The Kier molecular flexibility index (Phi) is 6.42. The lowest BCUT2D eigenvalue weighted by atomic mass is 10.1. The molecule has 0 aliphatic carbocycles. The topological polar surface area (TPSA) is 66.4 Å². The van der Waals surface area contributed by atoms with Gasteiger partial charge in [-0.2, -0.15) is 11.8 Å². The Morgan fingerprint density at radius 2 is 2.16 bits per heavy atom. The molecule has 19 heavy (non-hydrogen) atoms. The molecular weight excluding hydrogens is 262 g/mol. The van der Waals surface area contributed by atoms with E-state index in [4.69, 9.17) is 5.11 Å². The monoisotopic (exact) mass is 281 g/mol. The Morgan fingerprint density at radius 3 is 2.74 bits per heavy atom. The third-order valence-electron chi connectivity index (χ3n) is 2.76. The standard InChI is InChI=1S/C14H19NO3S/c1-3-12(9-19-2)15-13(16)8-10-5-4-6-11(7-10)14(17)18/h4-7,12H,3,8-9H2,1-2H3,(H,15,16)(H,17,18). The van der Waals surface area contributed by atoms with Gasteiger partial charge < -0.3 is 10.4 Å². The highest BCUT2D eigenvalue weighted by Crippen LogP contribution is 2.07. The molecule has 1 unspecified atom stereocenters. The van der Waals surface area contributed by atoms with Crippen LogP contribution in [0.5, 0.6) is 0 Å². The summed E-state index contributed by atoms with van der Waals surface area (Å²) in [6, 6.07) is 6.65. The molecule has 104 valence electrons. The highest BCUT2D eigenvalue weighted by atomic mass is 32.2. The van der Waals surface area contributed by atoms with Crippen molar-refractivity contribution < 1.29 is 14.7 Å². The number of carboxylic acids is 1. The van der Waals surface area contributed by atoms with Crippen molar-refractivity contribution >= 4 is 23.6 Å². The minimum absolute atomic E-state index is 0.0663. The SMILES string of the molecule is CCC(CSC)NC(=O)Cc1cccc(C(=O)O)c1. The molecule has 0 saturated carbocycles. The summed E-state index contributed by atoms with van der Waals surface area (Å²) in [5, 5.41) is 11.9. The summed E-state index contributed by atoms with van der Waals surface area (Å²) in [6.45, 7) is 2.03. The van der Waals surface area contributed by atoms with Gasteiger partial charge in [0.05, 0.1) is 12.0 Å². The largest absolute Gasteiger partial charge is 0.478 e. The fourth-order valence-electron chi connectivity index (χ4n) is 1.74. The zero-order valence-corrected chi connectivity index (χ0v) is 12.0. The molecule has 5 heteroatoms. The number of hydrogen-bond acceptors (Lipinski definition) is 3. The number of rotatable bonds is 7.